The number of hydrogen-bond acceptors (Lipinski definition) is 1. The monoisotopic (exact) mass is 190 g/mol. The summed E-state index contributed by atoms with van der Waals surface area (Å²) in [5.41, 5.74) is 0.383. The van der Waals surface area contributed by atoms with E-state index in [1.165, 1.54) is 6.42 Å². The highest BCUT2D eigenvalue weighted by Gasteiger charge is 2.32. The van der Waals surface area contributed by atoms with Crippen molar-refractivity contribution in [3.8, 4) is 0 Å². The Morgan fingerprint density at radius 3 is 2.33 bits per heavy atom. The van der Waals surface area contributed by atoms with Crippen molar-refractivity contribution in [3.05, 3.63) is 0 Å². The first-order valence-electron chi connectivity index (χ1n) is 4.82. The van der Waals surface area contributed by atoms with Crippen LogP contribution in [0.2, 0.25) is 0 Å². The van der Waals surface area contributed by atoms with Gasteiger partial charge in [-0.2, -0.15) is 0 Å². The molecule has 1 nitrogen and oxygen atoms in total. The fourth-order valence-corrected chi connectivity index (χ4v) is 2.44. The maximum absolute atomic E-state index is 6.03. The molecule has 1 saturated heterocycles. The summed E-state index contributed by atoms with van der Waals surface area (Å²) in [6.45, 7) is 6.34. The predicted molar refractivity (Wildman–Crippen MR) is 52.7 cm³/mol. The van der Waals surface area contributed by atoms with Gasteiger partial charge in [-0.05, 0) is 30.6 Å². The topological polar surface area (TPSA) is 9.23 Å². The van der Waals surface area contributed by atoms with Gasteiger partial charge in [-0.15, -0.1) is 11.6 Å². The fourth-order valence-electron chi connectivity index (χ4n) is 2.06. The first-order chi connectivity index (χ1) is 5.68. The Balaban J connectivity index is 2.48. The van der Waals surface area contributed by atoms with E-state index in [-0.39, 0.29) is 0 Å². The van der Waals surface area contributed by atoms with Crippen LogP contribution in [0.25, 0.3) is 0 Å². The average Bonchev–Trinajstić information content (AvgIpc) is 2.05. The fraction of sp³-hybridized carbons (Fsp3) is 1.00. The van der Waals surface area contributed by atoms with Gasteiger partial charge in [0.25, 0.3) is 0 Å². The molecule has 0 radical (unpaired) electrons. The summed E-state index contributed by atoms with van der Waals surface area (Å²) >= 11 is 6.03. The van der Waals surface area contributed by atoms with E-state index >= 15 is 0 Å². The normalized spacial score (nSPS) is 23.0. The molecule has 0 aliphatic carbocycles. The molecule has 0 saturated carbocycles. The predicted octanol–water partition coefficient (Wildman–Crippen LogP) is 3.07. The number of hydrogen-bond donors (Lipinski definition) is 0. The highest BCUT2D eigenvalue weighted by molar-refractivity contribution is 6.18. The number of halogens is 1. The Morgan fingerprint density at radius 1 is 1.33 bits per heavy atom. The quantitative estimate of drug-likeness (QED) is 0.622. The van der Waals surface area contributed by atoms with Gasteiger partial charge in [0.1, 0.15) is 0 Å². The number of ether oxygens (including phenoxy) is 1. The van der Waals surface area contributed by atoms with E-state index in [1.807, 2.05) is 0 Å². The highest BCUT2D eigenvalue weighted by atomic mass is 35.5. The maximum atomic E-state index is 6.03. The lowest BCUT2D eigenvalue weighted by Gasteiger charge is -2.36. The van der Waals surface area contributed by atoms with Crippen LogP contribution in [-0.4, -0.2) is 19.1 Å². The molecular weight excluding hydrogens is 172 g/mol. The molecule has 0 aromatic rings. The van der Waals surface area contributed by atoms with Crippen molar-refractivity contribution >= 4 is 11.6 Å². The van der Waals surface area contributed by atoms with Gasteiger partial charge in [-0.3, -0.25) is 0 Å². The lowest BCUT2D eigenvalue weighted by atomic mass is 9.76. The molecule has 1 aliphatic heterocycles. The Labute approximate surface area is 80.4 Å². The molecule has 0 spiro atoms. The molecule has 0 unspecified atom stereocenters. The SMILES string of the molecule is CC(C)CC1(CCl)CCOCC1. The third-order valence-corrected chi connectivity index (χ3v) is 3.25. The Morgan fingerprint density at radius 2 is 1.92 bits per heavy atom. The van der Waals surface area contributed by atoms with Crippen molar-refractivity contribution in [2.75, 3.05) is 19.1 Å². The maximum Gasteiger partial charge on any atom is 0.0471 e. The van der Waals surface area contributed by atoms with Crippen LogP contribution in [0.5, 0.6) is 0 Å². The molecule has 0 amide bonds. The van der Waals surface area contributed by atoms with Gasteiger partial charge in [0, 0.05) is 19.1 Å². The van der Waals surface area contributed by atoms with E-state index in [2.05, 4.69) is 13.8 Å². The Bertz CT molecular complexity index is 128. The van der Waals surface area contributed by atoms with E-state index in [1.54, 1.807) is 0 Å². The summed E-state index contributed by atoms with van der Waals surface area (Å²) < 4.78 is 5.35. The van der Waals surface area contributed by atoms with Crippen molar-refractivity contribution in [2.24, 2.45) is 11.3 Å². The van der Waals surface area contributed by atoms with Crippen LogP contribution < -0.4 is 0 Å². The molecule has 0 aromatic heterocycles. The standard InChI is InChI=1S/C10H19ClO/c1-9(2)7-10(8-11)3-5-12-6-4-10/h9H,3-8H2,1-2H3. The van der Waals surface area contributed by atoms with E-state index in [4.69, 9.17) is 16.3 Å². The third kappa shape index (κ3) is 2.63. The zero-order valence-corrected chi connectivity index (χ0v) is 8.86. The van der Waals surface area contributed by atoms with E-state index in [0.717, 1.165) is 37.9 Å². The van der Waals surface area contributed by atoms with Gasteiger partial charge < -0.3 is 4.74 Å². The van der Waals surface area contributed by atoms with Crippen molar-refractivity contribution < 1.29 is 4.74 Å². The average molecular weight is 191 g/mol. The zero-order chi connectivity index (χ0) is 9.03. The van der Waals surface area contributed by atoms with Crippen molar-refractivity contribution in [1.29, 1.82) is 0 Å². The third-order valence-electron chi connectivity index (χ3n) is 2.68. The van der Waals surface area contributed by atoms with Gasteiger partial charge in [0.2, 0.25) is 0 Å². The summed E-state index contributed by atoms with van der Waals surface area (Å²) in [7, 11) is 0. The van der Waals surface area contributed by atoms with Crippen molar-refractivity contribution in [1.82, 2.24) is 0 Å². The van der Waals surface area contributed by atoms with E-state index in [9.17, 15) is 0 Å². The molecule has 1 heterocycles. The van der Waals surface area contributed by atoms with Gasteiger partial charge in [0.05, 0.1) is 0 Å². The van der Waals surface area contributed by atoms with Crippen LogP contribution in [-0.2, 0) is 4.74 Å². The van der Waals surface area contributed by atoms with Crippen LogP contribution in [0, 0.1) is 11.3 Å². The van der Waals surface area contributed by atoms with Gasteiger partial charge in [0.15, 0.2) is 0 Å². The summed E-state index contributed by atoms with van der Waals surface area (Å²) in [5.74, 6) is 1.55. The summed E-state index contributed by atoms with van der Waals surface area (Å²) in [5, 5.41) is 0. The molecule has 1 rings (SSSR count). The second-order valence-electron chi connectivity index (χ2n) is 4.34. The molecule has 12 heavy (non-hydrogen) atoms. The number of alkyl halides is 1. The summed E-state index contributed by atoms with van der Waals surface area (Å²) in [6, 6.07) is 0. The largest absolute Gasteiger partial charge is 0.381 e. The Hall–Kier alpha value is 0.250. The minimum atomic E-state index is 0.383. The zero-order valence-electron chi connectivity index (χ0n) is 8.11. The Kier molecular flexibility index (Phi) is 3.85. The number of rotatable bonds is 3. The molecule has 72 valence electrons. The van der Waals surface area contributed by atoms with Crippen molar-refractivity contribution in [3.63, 3.8) is 0 Å². The van der Waals surface area contributed by atoms with Crippen LogP contribution in [0.15, 0.2) is 0 Å². The van der Waals surface area contributed by atoms with Crippen LogP contribution in [0.3, 0.4) is 0 Å². The first-order valence-corrected chi connectivity index (χ1v) is 5.36. The smallest absolute Gasteiger partial charge is 0.0471 e. The van der Waals surface area contributed by atoms with Crippen LogP contribution in [0.1, 0.15) is 33.1 Å². The molecule has 1 fully saturated rings. The molecule has 0 atom stereocenters. The highest BCUT2D eigenvalue weighted by Crippen LogP contribution is 2.37. The van der Waals surface area contributed by atoms with Gasteiger partial charge in [-0.1, -0.05) is 13.8 Å². The lowest BCUT2D eigenvalue weighted by Crippen LogP contribution is -2.32. The second kappa shape index (κ2) is 4.48. The summed E-state index contributed by atoms with van der Waals surface area (Å²) in [6.07, 6.45) is 3.54. The van der Waals surface area contributed by atoms with Gasteiger partial charge >= 0.3 is 0 Å². The van der Waals surface area contributed by atoms with Crippen molar-refractivity contribution in [2.45, 2.75) is 33.1 Å². The summed E-state index contributed by atoms with van der Waals surface area (Å²) in [4.78, 5) is 0. The molecule has 0 N–H and O–H groups in total. The second-order valence-corrected chi connectivity index (χ2v) is 4.61. The first kappa shape index (κ1) is 10.3. The molecular formula is C10H19ClO. The van der Waals surface area contributed by atoms with Crippen LogP contribution in [0.4, 0.5) is 0 Å². The van der Waals surface area contributed by atoms with E-state index in [0.29, 0.717) is 5.41 Å². The minimum Gasteiger partial charge on any atom is -0.381 e. The lowest BCUT2D eigenvalue weighted by molar-refractivity contribution is 0.0158. The molecule has 1 aliphatic rings. The minimum absolute atomic E-state index is 0.383. The molecule has 2 heteroatoms. The van der Waals surface area contributed by atoms with E-state index < -0.39 is 0 Å². The van der Waals surface area contributed by atoms with Crippen LogP contribution >= 0.6 is 11.6 Å². The molecule has 0 bridgehead atoms. The molecule has 0 aromatic carbocycles. The van der Waals surface area contributed by atoms with Gasteiger partial charge in [-0.25, -0.2) is 0 Å².